The van der Waals surface area contributed by atoms with Crippen molar-refractivity contribution in [1.29, 1.82) is 0 Å². The van der Waals surface area contributed by atoms with E-state index < -0.39 is 0 Å². The van der Waals surface area contributed by atoms with Crippen LogP contribution in [0, 0.1) is 0 Å². The average Bonchev–Trinajstić information content (AvgIpc) is 3.66. The molecule has 0 saturated carbocycles. The van der Waals surface area contributed by atoms with Crippen LogP contribution in [-0.2, 0) is 0 Å². The summed E-state index contributed by atoms with van der Waals surface area (Å²) in [6, 6.07) is 78.1. The number of nitrogens with zero attached hydrogens (tertiary/aromatic N) is 4. The molecular weight excluding hydrogens is 777 g/mol. The quantitative estimate of drug-likeness (QED) is 0.161. The van der Waals surface area contributed by atoms with Crippen molar-refractivity contribution >= 4 is 27.9 Å². The van der Waals surface area contributed by atoms with Crippen LogP contribution < -0.4 is 4.90 Å². The first kappa shape index (κ1) is 37.4. The Morgan fingerprint density at radius 3 is 1.62 bits per heavy atom. The summed E-state index contributed by atoms with van der Waals surface area (Å²) in [5, 5.41) is 1.22. The van der Waals surface area contributed by atoms with Gasteiger partial charge in [-0.3, -0.25) is 0 Å². The molecule has 10 aromatic rings. The second kappa shape index (κ2) is 15.8. The SMILES string of the molecule is C1=CC2=C(CC1)c1c(c3ccccc3n1-c1cccc(-c3nc(-c4ccccc4)cc(-c4ccccc4)n3)c1)-c1ccccc1N2c1cc(-c2ccccc2)cc(-c2ccccc2)c1. The highest BCUT2D eigenvalue weighted by Gasteiger charge is 2.33. The van der Waals surface area contributed by atoms with E-state index in [2.05, 4.69) is 228 Å². The molecule has 0 spiro atoms. The number of fused-ring (bicyclic) bond motifs is 6. The summed E-state index contributed by atoms with van der Waals surface area (Å²) in [7, 11) is 0. The molecule has 0 amide bonds. The van der Waals surface area contributed by atoms with Crippen LogP contribution in [0.4, 0.5) is 11.4 Å². The molecule has 0 fully saturated rings. The van der Waals surface area contributed by atoms with Gasteiger partial charge in [0.05, 0.1) is 34.0 Å². The van der Waals surface area contributed by atoms with Crippen LogP contribution in [0.25, 0.3) is 89.4 Å². The standard InChI is InChI=1S/C60H42N4/c1-5-20-41(21-6-1)46-36-47(42-22-7-2-8-23-42)39-49(38-46)63-55-33-16-13-30-50(55)58-51-31-14-17-34-56(51)64(59(58)52-32-15-18-35-57(52)63)48-29-19-28-45(37-48)60-61-53(43-24-9-3-10-25-43)40-54(62-60)44-26-11-4-12-27-44/h1-14,16-31,33-40H,15,32H2. The van der Waals surface area contributed by atoms with E-state index in [9.17, 15) is 0 Å². The van der Waals surface area contributed by atoms with E-state index in [0.717, 1.165) is 63.5 Å². The summed E-state index contributed by atoms with van der Waals surface area (Å²) >= 11 is 0. The van der Waals surface area contributed by atoms with Gasteiger partial charge in [0.2, 0.25) is 0 Å². The van der Waals surface area contributed by atoms with Gasteiger partial charge in [-0.1, -0.05) is 176 Å². The normalized spacial score (nSPS) is 13.0. The monoisotopic (exact) mass is 818 g/mol. The third-order valence-electron chi connectivity index (χ3n) is 12.6. The van der Waals surface area contributed by atoms with Crippen LogP contribution in [0.5, 0.6) is 0 Å². The van der Waals surface area contributed by atoms with Crippen LogP contribution in [0.15, 0.2) is 236 Å². The van der Waals surface area contributed by atoms with E-state index in [-0.39, 0.29) is 0 Å². The van der Waals surface area contributed by atoms with Crippen molar-refractivity contribution in [3.05, 3.63) is 242 Å². The minimum atomic E-state index is 0.689. The van der Waals surface area contributed by atoms with Crippen molar-refractivity contribution in [2.45, 2.75) is 12.8 Å². The van der Waals surface area contributed by atoms with Crippen LogP contribution in [0.2, 0.25) is 0 Å². The maximum absolute atomic E-state index is 5.24. The Bertz CT molecular complexity index is 3300. The molecule has 8 aromatic carbocycles. The maximum Gasteiger partial charge on any atom is 0.160 e. The summed E-state index contributed by atoms with van der Waals surface area (Å²) in [4.78, 5) is 13.0. The van der Waals surface area contributed by atoms with Crippen LogP contribution in [0.1, 0.15) is 18.5 Å². The van der Waals surface area contributed by atoms with Gasteiger partial charge < -0.3 is 9.47 Å². The number of benzene rings is 8. The van der Waals surface area contributed by atoms with Gasteiger partial charge in [-0.25, -0.2) is 9.97 Å². The van der Waals surface area contributed by atoms with Crippen molar-refractivity contribution in [2.75, 3.05) is 4.90 Å². The molecule has 0 unspecified atom stereocenters. The Morgan fingerprint density at radius 2 is 0.969 bits per heavy atom. The smallest absolute Gasteiger partial charge is 0.160 e. The van der Waals surface area contributed by atoms with Crippen LogP contribution >= 0.6 is 0 Å². The van der Waals surface area contributed by atoms with Crippen LogP contribution in [-0.4, -0.2) is 14.5 Å². The van der Waals surface area contributed by atoms with Crippen molar-refractivity contribution in [3.63, 3.8) is 0 Å². The lowest BCUT2D eigenvalue weighted by atomic mass is 9.94. The summed E-state index contributed by atoms with van der Waals surface area (Å²) in [5.41, 5.74) is 20.3. The Balaban J connectivity index is 1.10. The van der Waals surface area contributed by atoms with E-state index in [1.165, 1.54) is 55.7 Å². The number of aromatic nitrogens is 3. The fraction of sp³-hybridized carbons (Fsp3) is 0.0333. The minimum Gasteiger partial charge on any atom is -0.309 e. The van der Waals surface area contributed by atoms with E-state index in [0.29, 0.717) is 5.82 Å². The zero-order chi connectivity index (χ0) is 42.4. The maximum atomic E-state index is 5.24. The molecule has 1 aliphatic heterocycles. The topological polar surface area (TPSA) is 34.0 Å². The molecular formula is C60H42N4. The lowest BCUT2D eigenvalue weighted by Crippen LogP contribution is -2.18. The molecule has 3 heterocycles. The first-order valence-corrected chi connectivity index (χ1v) is 22.0. The summed E-state index contributed by atoms with van der Waals surface area (Å²) < 4.78 is 2.50. The molecule has 2 aromatic heterocycles. The third kappa shape index (κ3) is 6.56. The van der Waals surface area contributed by atoms with E-state index >= 15 is 0 Å². The lowest BCUT2D eigenvalue weighted by Gasteiger charge is -2.31. The zero-order valence-corrected chi connectivity index (χ0v) is 35.1. The molecule has 0 atom stereocenters. The number of rotatable bonds is 7. The Morgan fingerprint density at radius 1 is 0.422 bits per heavy atom. The second-order valence-electron chi connectivity index (χ2n) is 16.5. The molecule has 2 aliphatic rings. The highest BCUT2D eigenvalue weighted by Crippen LogP contribution is 2.53. The first-order valence-electron chi connectivity index (χ1n) is 22.0. The fourth-order valence-corrected chi connectivity index (χ4v) is 9.66. The van der Waals surface area contributed by atoms with Gasteiger partial charge in [0.1, 0.15) is 0 Å². The highest BCUT2D eigenvalue weighted by atomic mass is 15.2. The fourth-order valence-electron chi connectivity index (χ4n) is 9.66. The zero-order valence-electron chi connectivity index (χ0n) is 35.1. The molecule has 302 valence electrons. The molecule has 64 heavy (non-hydrogen) atoms. The molecule has 0 N–H and O–H groups in total. The molecule has 0 radical (unpaired) electrons. The molecule has 4 heteroatoms. The second-order valence-corrected chi connectivity index (χ2v) is 16.5. The molecule has 1 aliphatic carbocycles. The first-order chi connectivity index (χ1) is 31.7. The Kier molecular flexibility index (Phi) is 9.27. The van der Waals surface area contributed by atoms with Gasteiger partial charge >= 0.3 is 0 Å². The number of allylic oxidation sites excluding steroid dienone is 3. The van der Waals surface area contributed by atoms with Gasteiger partial charge in [-0.2, -0.15) is 0 Å². The summed E-state index contributed by atoms with van der Waals surface area (Å²) in [6.45, 7) is 0. The largest absolute Gasteiger partial charge is 0.309 e. The van der Waals surface area contributed by atoms with Crippen molar-refractivity contribution in [2.24, 2.45) is 0 Å². The number of hydrogen-bond donors (Lipinski definition) is 0. The third-order valence-corrected chi connectivity index (χ3v) is 12.6. The van der Waals surface area contributed by atoms with E-state index in [1.54, 1.807) is 0 Å². The Hall–Kier alpha value is -8.34. The Labute approximate surface area is 373 Å². The summed E-state index contributed by atoms with van der Waals surface area (Å²) in [6.07, 6.45) is 6.54. The van der Waals surface area contributed by atoms with Gasteiger partial charge in [0.15, 0.2) is 5.82 Å². The lowest BCUT2D eigenvalue weighted by molar-refractivity contribution is 0.988. The number of anilines is 2. The highest BCUT2D eigenvalue weighted by molar-refractivity contribution is 6.09. The van der Waals surface area contributed by atoms with Crippen molar-refractivity contribution in [1.82, 2.24) is 14.5 Å². The molecule has 0 saturated heterocycles. The van der Waals surface area contributed by atoms with Crippen LogP contribution in [0.3, 0.4) is 0 Å². The van der Waals surface area contributed by atoms with Gasteiger partial charge in [0.25, 0.3) is 0 Å². The summed E-state index contributed by atoms with van der Waals surface area (Å²) in [5.74, 6) is 0.689. The minimum absolute atomic E-state index is 0.689. The van der Waals surface area contributed by atoms with Gasteiger partial charge in [-0.05, 0) is 89.7 Å². The molecule has 0 bridgehead atoms. The predicted molar refractivity (Wildman–Crippen MR) is 265 cm³/mol. The van der Waals surface area contributed by atoms with Gasteiger partial charge in [0, 0.05) is 50.2 Å². The number of para-hydroxylation sites is 2. The molecule has 4 nitrogen and oxygen atoms in total. The van der Waals surface area contributed by atoms with Gasteiger partial charge in [-0.15, -0.1) is 0 Å². The predicted octanol–water partition coefficient (Wildman–Crippen LogP) is 15.6. The molecule has 12 rings (SSSR count). The number of hydrogen-bond acceptors (Lipinski definition) is 3. The van der Waals surface area contributed by atoms with Crippen molar-refractivity contribution in [3.8, 4) is 73.0 Å². The average molecular weight is 819 g/mol. The van der Waals surface area contributed by atoms with E-state index in [1.807, 2.05) is 12.1 Å². The van der Waals surface area contributed by atoms with Crippen molar-refractivity contribution < 1.29 is 0 Å². The van der Waals surface area contributed by atoms with E-state index in [4.69, 9.17) is 9.97 Å².